The number of morpholine rings is 1. The number of anilines is 2. The lowest BCUT2D eigenvalue weighted by molar-refractivity contribution is -0.139. The number of carboxylic acid groups (broad SMARTS) is 2. The van der Waals surface area contributed by atoms with E-state index in [0.29, 0.717) is 30.9 Å². The fourth-order valence-corrected chi connectivity index (χ4v) is 5.35. The van der Waals surface area contributed by atoms with E-state index in [4.69, 9.17) is 30.3 Å². The third-order valence-corrected chi connectivity index (χ3v) is 6.89. The van der Waals surface area contributed by atoms with Crippen molar-refractivity contribution in [3.05, 3.63) is 12.4 Å². The van der Waals surface area contributed by atoms with Crippen LogP contribution in [0.1, 0.15) is 25.7 Å². The molecule has 1 saturated carbocycles. The van der Waals surface area contributed by atoms with Crippen molar-refractivity contribution in [3.8, 4) is 0 Å². The van der Waals surface area contributed by atoms with E-state index in [1.807, 2.05) is 0 Å². The number of carbonyl (C=O) groups is 3. The normalized spacial score (nSPS) is 26.0. The number of hydrogen-bond acceptors (Lipinski definition) is 10. The van der Waals surface area contributed by atoms with Crippen LogP contribution in [0.5, 0.6) is 0 Å². The molecule has 13 nitrogen and oxygen atoms in total. The SMILES string of the molecule is Nc1cc(N2CC[C@@H]3C[C@@H](N4CCOCC4)CC[C@@]3(C(=O)NCCO)C2)ncn1.O=CO.O=CO. The highest BCUT2D eigenvalue weighted by molar-refractivity contribution is 5.84. The number of rotatable bonds is 5. The molecule has 1 aliphatic carbocycles. The van der Waals surface area contributed by atoms with Crippen LogP contribution in [-0.2, 0) is 19.1 Å². The summed E-state index contributed by atoms with van der Waals surface area (Å²) in [7, 11) is 0. The number of aliphatic hydroxyl groups is 1. The second kappa shape index (κ2) is 14.4. The van der Waals surface area contributed by atoms with Crippen LogP contribution in [-0.4, -0.2) is 108 Å². The molecule has 2 saturated heterocycles. The maximum atomic E-state index is 13.3. The molecular formula is C22H36N6O7. The van der Waals surface area contributed by atoms with Gasteiger partial charge in [-0.05, 0) is 31.6 Å². The van der Waals surface area contributed by atoms with Crippen molar-refractivity contribution in [3.63, 3.8) is 0 Å². The zero-order valence-electron chi connectivity index (χ0n) is 19.8. The van der Waals surface area contributed by atoms with Gasteiger partial charge in [0.15, 0.2) is 0 Å². The van der Waals surface area contributed by atoms with Crippen molar-refractivity contribution in [2.75, 3.05) is 63.2 Å². The van der Waals surface area contributed by atoms with Crippen molar-refractivity contribution >= 4 is 30.5 Å². The van der Waals surface area contributed by atoms with Gasteiger partial charge in [0.25, 0.3) is 12.9 Å². The predicted molar refractivity (Wildman–Crippen MR) is 127 cm³/mol. The van der Waals surface area contributed by atoms with Gasteiger partial charge in [-0.25, -0.2) is 9.97 Å². The summed E-state index contributed by atoms with van der Waals surface area (Å²) < 4.78 is 5.51. The molecule has 6 N–H and O–H groups in total. The summed E-state index contributed by atoms with van der Waals surface area (Å²) in [6, 6.07) is 2.29. The third-order valence-electron chi connectivity index (χ3n) is 6.89. The monoisotopic (exact) mass is 496 g/mol. The number of hydrogen-bond donors (Lipinski definition) is 5. The average molecular weight is 497 g/mol. The number of nitrogens with two attached hydrogens (primary N) is 1. The Labute approximate surface area is 204 Å². The zero-order valence-corrected chi connectivity index (χ0v) is 19.8. The van der Waals surface area contributed by atoms with Crippen LogP contribution in [0, 0.1) is 11.3 Å². The first-order valence-corrected chi connectivity index (χ1v) is 11.6. The number of carbonyl (C=O) groups excluding carboxylic acids is 1. The van der Waals surface area contributed by atoms with Gasteiger partial charge < -0.3 is 36.0 Å². The van der Waals surface area contributed by atoms with Crippen molar-refractivity contribution in [1.29, 1.82) is 0 Å². The Kier molecular flexibility index (Phi) is 11.6. The molecule has 4 rings (SSSR count). The molecule has 3 atom stereocenters. The first-order chi connectivity index (χ1) is 16.9. The van der Waals surface area contributed by atoms with E-state index in [2.05, 4.69) is 25.1 Å². The molecule has 3 heterocycles. The number of nitrogens with zero attached hydrogens (tertiary/aromatic N) is 4. The molecule has 1 aromatic rings. The van der Waals surface area contributed by atoms with E-state index in [1.165, 1.54) is 6.33 Å². The van der Waals surface area contributed by atoms with E-state index >= 15 is 0 Å². The predicted octanol–water partition coefficient (Wildman–Crippen LogP) is -0.734. The lowest BCUT2D eigenvalue weighted by atomic mass is 9.61. The summed E-state index contributed by atoms with van der Waals surface area (Å²) in [6.45, 7) is 4.78. The van der Waals surface area contributed by atoms with Crippen molar-refractivity contribution in [2.24, 2.45) is 11.3 Å². The summed E-state index contributed by atoms with van der Waals surface area (Å²) in [4.78, 5) is 43.1. The topological polar surface area (TPSA) is 191 Å². The van der Waals surface area contributed by atoms with Crippen molar-refractivity contribution in [1.82, 2.24) is 20.2 Å². The summed E-state index contributed by atoms with van der Waals surface area (Å²) in [5.41, 5.74) is 5.39. The second-order valence-corrected chi connectivity index (χ2v) is 8.63. The molecule has 13 heteroatoms. The lowest BCUT2D eigenvalue weighted by Crippen LogP contribution is -2.61. The quantitative estimate of drug-likeness (QED) is 0.321. The van der Waals surface area contributed by atoms with Gasteiger partial charge in [0.1, 0.15) is 18.0 Å². The number of nitrogen functional groups attached to an aromatic ring is 1. The van der Waals surface area contributed by atoms with E-state index in [9.17, 15) is 9.90 Å². The number of aliphatic hydroxyl groups excluding tert-OH is 1. The van der Waals surface area contributed by atoms with E-state index in [-0.39, 0.29) is 25.5 Å². The molecule has 0 spiro atoms. The molecule has 0 aromatic carbocycles. The van der Waals surface area contributed by atoms with Gasteiger partial charge >= 0.3 is 0 Å². The van der Waals surface area contributed by atoms with Crippen LogP contribution < -0.4 is 16.0 Å². The first-order valence-electron chi connectivity index (χ1n) is 11.6. The molecule has 3 aliphatic rings. The van der Waals surface area contributed by atoms with Crippen LogP contribution in [0.4, 0.5) is 11.6 Å². The molecule has 1 aromatic heterocycles. The van der Waals surface area contributed by atoms with Gasteiger partial charge in [0.2, 0.25) is 5.91 Å². The van der Waals surface area contributed by atoms with Crippen molar-refractivity contribution in [2.45, 2.75) is 31.7 Å². The van der Waals surface area contributed by atoms with Gasteiger partial charge in [-0.15, -0.1) is 0 Å². The summed E-state index contributed by atoms with van der Waals surface area (Å²) in [5.74, 6) is 1.59. The highest BCUT2D eigenvalue weighted by Gasteiger charge is 2.52. The van der Waals surface area contributed by atoms with Gasteiger partial charge in [-0.2, -0.15) is 0 Å². The Morgan fingerprint density at radius 2 is 1.89 bits per heavy atom. The molecule has 0 bridgehead atoms. The molecular weight excluding hydrogens is 460 g/mol. The van der Waals surface area contributed by atoms with Gasteiger partial charge in [0.05, 0.1) is 25.2 Å². The Morgan fingerprint density at radius 3 is 2.51 bits per heavy atom. The highest BCUT2D eigenvalue weighted by atomic mass is 16.5. The van der Waals surface area contributed by atoms with Crippen LogP contribution >= 0.6 is 0 Å². The van der Waals surface area contributed by atoms with Gasteiger partial charge in [-0.3, -0.25) is 19.3 Å². The molecule has 196 valence electrons. The van der Waals surface area contributed by atoms with E-state index < -0.39 is 5.41 Å². The van der Waals surface area contributed by atoms with Crippen LogP contribution in [0.3, 0.4) is 0 Å². The number of ether oxygens (including phenoxy) is 1. The molecule has 1 amide bonds. The average Bonchev–Trinajstić information content (AvgIpc) is 2.88. The zero-order chi connectivity index (χ0) is 25.7. The minimum Gasteiger partial charge on any atom is -0.483 e. The fraction of sp³-hybridized carbons (Fsp3) is 0.682. The molecule has 2 aliphatic heterocycles. The Bertz CT molecular complexity index is 804. The van der Waals surface area contributed by atoms with Crippen molar-refractivity contribution < 1.29 is 34.4 Å². The molecule has 0 radical (unpaired) electrons. The fourth-order valence-electron chi connectivity index (χ4n) is 5.35. The Balaban J connectivity index is 0.000000655. The summed E-state index contributed by atoms with van der Waals surface area (Å²) >= 11 is 0. The first kappa shape index (κ1) is 28.2. The molecule has 35 heavy (non-hydrogen) atoms. The number of nitrogens with one attached hydrogen (secondary N) is 1. The van der Waals surface area contributed by atoms with E-state index in [1.54, 1.807) is 6.07 Å². The lowest BCUT2D eigenvalue weighted by Gasteiger charge is -2.53. The maximum Gasteiger partial charge on any atom is 0.290 e. The largest absolute Gasteiger partial charge is 0.483 e. The minimum atomic E-state index is -0.462. The number of aromatic nitrogens is 2. The number of amides is 1. The minimum absolute atomic E-state index is 0.0466. The van der Waals surface area contributed by atoms with E-state index in [0.717, 1.165) is 64.3 Å². The standard InChI is InChI=1S/C20H32N6O3.2CH2O2/c21-17-12-18(24-14-23-17)26-5-2-15-11-16(25-6-9-29-10-7-25)1-3-20(15,13-26)19(28)22-4-8-27;2*2-1-3/h12,14-16,27H,1-11,13H2,(H,22,28)(H2,21,23,24);2*1H,(H,2,3)/t15-,16+,20-;;/m1../s1. The summed E-state index contributed by atoms with van der Waals surface area (Å²) in [5, 5.41) is 25.9. The second-order valence-electron chi connectivity index (χ2n) is 8.63. The Hall–Kier alpha value is -3.03. The number of fused-ring (bicyclic) bond motifs is 1. The van der Waals surface area contributed by atoms with Crippen LogP contribution in [0.25, 0.3) is 0 Å². The van der Waals surface area contributed by atoms with Crippen LogP contribution in [0.15, 0.2) is 12.4 Å². The maximum absolute atomic E-state index is 13.3. The summed E-state index contributed by atoms with van der Waals surface area (Å²) in [6.07, 6.45) is 5.30. The Morgan fingerprint density at radius 1 is 1.20 bits per heavy atom. The molecule has 0 unspecified atom stereocenters. The highest BCUT2D eigenvalue weighted by Crippen LogP contribution is 2.48. The van der Waals surface area contributed by atoms with Gasteiger partial charge in [0, 0.05) is 44.8 Å². The van der Waals surface area contributed by atoms with Crippen LogP contribution in [0.2, 0.25) is 0 Å². The number of piperidine rings is 1. The smallest absolute Gasteiger partial charge is 0.290 e. The van der Waals surface area contributed by atoms with Gasteiger partial charge in [-0.1, -0.05) is 0 Å². The third kappa shape index (κ3) is 7.47. The molecule has 3 fully saturated rings.